The first-order valence-corrected chi connectivity index (χ1v) is 6.20. The maximum Gasteiger partial charge on any atom is 0.320 e. The summed E-state index contributed by atoms with van der Waals surface area (Å²) in [6.45, 7) is 1.23. The summed E-state index contributed by atoms with van der Waals surface area (Å²) in [6, 6.07) is 5.45. The molecule has 3 atom stereocenters. The van der Waals surface area contributed by atoms with E-state index in [0.29, 0.717) is 11.8 Å². The molecule has 1 fully saturated rings. The van der Waals surface area contributed by atoms with Crippen molar-refractivity contribution in [2.75, 3.05) is 7.11 Å². The number of rotatable bonds is 5. The molecule has 0 aromatic heterocycles. The van der Waals surface area contributed by atoms with Gasteiger partial charge in [-0.15, -0.1) is 0 Å². The van der Waals surface area contributed by atoms with Gasteiger partial charge < -0.3 is 9.53 Å². The minimum atomic E-state index is -1.51. The number of Topliss-reactive ketones (excluding diaryl/α,β-unsaturated/α-hetero) is 1. The molecule has 0 N–H and O–H groups in total. The number of hydrogen-bond acceptors (Lipinski definition) is 6. The van der Waals surface area contributed by atoms with Crippen molar-refractivity contribution >= 4 is 23.7 Å². The number of hydrogen-bond donors (Lipinski definition) is 0. The summed E-state index contributed by atoms with van der Waals surface area (Å²) >= 11 is 0. The van der Waals surface area contributed by atoms with E-state index in [0.717, 1.165) is 7.11 Å². The van der Waals surface area contributed by atoms with Gasteiger partial charge in [0.05, 0.1) is 12.0 Å². The number of nitrogens with zero attached hydrogens (tertiary/aromatic N) is 1. The van der Waals surface area contributed by atoms with Gasteiger partial charge in [-0.25, -0.2) is 0 Å². The number of ether oxygens (including phenoxy) is 1. The van der Waals surface area contributed by atoms with Crippen LogP contribution in [0.1, 0.15) is 18.4 Å². The summed E-state index contributed by atoms with van der Waals surface area (Å²) in [7, 11) is 1.15. The lowest BCUT2D eigenvalue weighted by molar-refractivity contribution is -0.384. The molecule has 0 saturated heterocycles. The Hall–Kier alpha value is -2.57. The molecule has 7 nitrogen and oxygen atoms in total. The molecule has 110 valence electrons. The molecule has 1 aliphatic rings. The second kappa shape index (κ2) is 5.08. The summed E-state index contributed by atoms with van der Waals surface area (Å²) in [5.41, 5.74) is -1.08. The quantitative estimate of drug-likeness (QED) is 0.266. The van der Waals surface area contributed by atoms with E-state index in [1.807, 2.05) is 0 Å². The van der Waals surface area contributed by atoms with Gasteiger partial charge in [0.2, 0.25) is 0 Å². The van der Waals surface area contributed by atoms with Gasteiger partial charge in [0.25, 0.3) is 5.69 Å². The van der Waals surface area contributed by atoms with Crippen LogP contribution in [0.25, 0.3) is 0 Å². The zero-order valence-corrected chi connectivity index (χ0v) is 11.4. The van der Waals surface area contributed by atoms with E-state index in [9.17, 15) is 24.5 Å². The predicted molar refractivity (Wildman–Crippen MR) is 70.5 cm³/mol. The number of methoxy groups -OCH3 is 1. The third-order valence-electron chi connectivity index (χ3n) is 3.98. The Balaban J connectivity index is 2.43. The van der Waals surface area contributed by atoms with Crippen LogP contribution < -0.4 is 0 Å². The Morgan fingerprint density at radius 1 is 1.33 bits per heavy atom. The van der Waals surface area contributed by atoms with Crippen LogP contribution in [-0.2, 0) is 19.1 Å². The maximum absolute atomic E-state index is 12.0. The predicted octanol–water partition coefficient (Wildman–Crippen LogP) is 1.26. The Kier molecular flexibility index (Phi) is 3.59. The lowest BCUT2D eigenvalue weighted by atomic mass is 9.94. The number of ketones is 1. The van der Waals surface area contributed by atoms with Gasteiger partial charge in [-0.1, -0.05) is 12.1 Å². The Morgan fingerprint density at radius 2 is 1.90 bits per heavy atom. The number of benzene rings is 1. The van der Waals surface area contributed by atoms with Gasteiger partial charge in [0, 0.05) is 24.0 Å². The van der Waals surface area contributed by atoms with E-state index in [4.69, 9.17) is 0 Å². The second-order valence-corrected chi connectivity index (χ2v) is 4.90. The fourth-order valence-corrected chi connectivity index (χ4v) is 2.90. The number of nitro groups is 1. The number of aldehydes is 1. The average Bonchev–Trinajstić information content (AvgIpc) is 3.16. The first kappa shape index (κ1) is 14.8. The fourth-order valence-electron chi connectivity index (χ4n) is 2.90. The highest BCUT2D eigenvalue weighted by molar-refractivity contribution is 6.11. The standard InChI is InChI=1S/C14H13NO6/c1-8(17)14(13(18)21-2)11(7-16)12(14)9-3-5-10(6-4-9)15(19)20/h3-7,11-12H,1-2H3/t11-,12-,14-/m1/s1. The highest BCUT2D eigenvalue weighted by atomic mass is 16.6. The van der Waals surface area contributed by atoms with Crippen LogP contribution in [0.5, 0.6) is 0 Å². The van der Waals surface area contributed by atoms with Gasteiger partial charge >= 0.3 is 5.97 Å². The van der Waals surface area contributed by atoms with Gasteiger partial charge in [-0.05, 0) is 12.5 Å². The van der Waals surface area contributed by atoms with E-state index in [1.165, 1.54) is 31.2 Å². The van der Waals surface area contributed by atoms with Crippen molar-refractivity contribution in [1.82, 2.24) is 0 Å². The van der Waals surface area contributed by atoms with Crippen molar-refractivity contribution in [3.05, 3.63) is 39.9 Å². The monoisotopic (exact) mass is 291 g/mol. The number of carbonyl (C=O) groups is 3. The molecule has 21 heavy (non-hydrogen) atoms. The molecule has 0 spiro atoms. The van der Waals surface area contributed by atoms with E-state index >= 15 is 0 Å². The Bertz CT molecular complexity index is 623. The third-order valence-corrected chi connectivity index (χ3v) is 3.98. The van der Waals surface area contributed by atoms with E-state index < -0.39 is 33.9 Å². The van der Waals surface area contributed by atoms with Gasteiger partial charge in [-0.2, -0.15) is 0 Å². The van der Waals surface area contributed by atoms with Crippen LogP contribution in [0, 0.1) is 21.4 Å². The smallest absolute Gasteiger partial charge is 0.320 e. The lowest BCUT2D eigenvalue weighted by Crippen LogP contribution is -2.29. The molecule has 2 rings (SSSR count). The van der Waals surface area contributed by atoms with Crippen LogP contribution in [0.15, 0.2) is 24.3 Å². The first-order chi connectivity index (χ1) is 9.91. The molecule has 0 heterocycles. The lowest BCUT2D eigenvalue weighted by Gasteiger charge is -2.11. The maximum atomic E-state index is 12.0. The molecule has 7 heteroatoms. The molecule has 1 aliphatic carbocycles. The van der Waals surface area contributed by atoms with Crippen molar-refractivity contribution in [3.63, 3.8) is 0 Å². The van der Waals surface area contributed by atoms with Crippen LogP contribution in [0.4, 0.5) is 5.69 Å². The summed E-state index contributed by atoms with van der Waals surface area (Å²) in [5, 5.41) is 10.6. The van der Waals surface area contributed by atoms with E-state index in [2.05, 4.69) is 4.74 Å². The fraction of sp³-hybridized carbons (Fsp3) is 0.357. The SMILES string of the molecule is COC(=O)[C@]1(C(C)=O)[C@H](C=O)[C@H]1c1ccc([N+](=O)[O-])cc1. The summed E-state index contributed by atoms with van der Waals surface area (Å²) in [6.07, 6.45) is 0.560. The molecule has 1 aromatic rings. The van der Waals surface area contributed by atoms with Crippen LogP contribution in [0.3, 0.4) is 0 Å². The summed E-state index contributed by atoms with van der Waals surface area (Å²) < 4.78 is 4.66. The third kappa shape index (κ3) is 2.01. The van der Waals surface area contributed by atoms with Gasteiger partial charge in [0.15, 0.2) is 0 Å². The molecule has 1 aromatic carbocycles. The molecule has 0 amide bonds. The van der Waals surface area contributed by atoms with Crippen molar-refractivity contribution in [3.8, 4) is 0 Å². The number of non-ortho nitro benzene ring substituents is 1. The van der Waals surface area contributed by atoms with E-state index in [-0.39, 0.29) is 5.69 Å². The van der Waals surface area contributed by atoms with E-state index in [1.54, 1.807) is 0 Å². The number of carbonyl (C=O) groups excluding carboxylic acids is 3. The largest absolute Gasteiger partial charge is 0.468 e. The zero-order chi connectivity index (χ0) is 15.8. The number of nitro benzene ring substituents is 1. The Morgan fingerprint density at radius 3 is 2.29 bits per heavy atom. The molecule has 0 radical (unpaired) electrons. The second-order valence-electron chi connectivity index (χ2n) is 4.90. The molecule has 0 bridgehead atoms. The van der Waals surface area contributed by atoms with Gasteiger partial charge in [0.1, 0.15) is 17.5 Å². The minimum Gasteiger partial charge on any atom is -0.468 e. The number of esters is 1. The Labute approximate surface area is 120 Å². The summed E-state index contributed by atoms with van der Waals surface area (Å²) in [5.74, 6) is -2.64. The topological polar surface area (TPSA) is 104 Å². The van der Waals surface area contributed by atoms with Crippen LogP contribution >= 0.6 is 0 Å². The van der Waals surface area contributed by atoms with Crippen molar-refractivity contribution in [1.29, 1.82) is 0 Å². The van der Waals surface area contributed by atoms with Crippen molar-refractivity contribution in [2.45, 2.75) is 12.8 Å². The van der Waals surface area contributed by atoms with Crippen LogP contribution in [0.2, 0.25) is 0 Å². The normalized spacial score (nSPS) is 26.8. The van der Waals surface area contributed by atoms with Crippen LogP contribution in [-0.4, -0.2) is 30.1 Å². The van der Waals surface area contributed by atoms with Crippen molar-refractivity contribution in [2.24, 2.45) is 11.3 Å². The van der Waals surface area contributed by atoms with Crippen molar-refractivity contribution < 1.29 is 24.0 Å². The highest BCUT2D eigenvalue weighted by Crippen LogP contribution is 2.65. The molecular formula is C14H13NO6. The molecule has 0 unspecified atom stereocenters. The first-order valence-electron chi connectivity index (χ1n) is 6.20. The highest BCUT2D eigenvalue weighted by Gasteiger charge is 2.74. The molecule has 0 aliphatic heterocycles. The molecular weight excluding hydrogens is 278 g/mol. The zero-order valence-electron chi connectivity index (χ0n) is 11.4. The molecule has 1 saturated carbocycles. The summed E-state index contributed by atoms with van der Waals surface area (Å²) in [4.78, 5) is 45.1. The van der Waals surface area contributed by atoms with Gasteiger partial charge in [-0.3, -0.25) is 19.7 Å². The average molecular weight is 291 g/mol. The minimum absolute atomic E-state index is 0.103.